The number of aromatic nitrogens is 3. The lowest BCUT2D eigenvalue weighted by atomic mass is 10.1. The summed E-state index contributed by atoms with van der Waals surface area (Å²) in [6.07, 6.45) is -4.54. The second kappa shape index (κ2) is 6.90. The van der Waals surface area contributed by atoms with Crippen LogP contribution in [0, 0.1) is 0 Å². The molecule has 2 rings (SSSR count). The minimum absolute atomic E-state index is 0.0518. The number of anilines is 1. The SMILES string of the molecule is CC(C)c1nnc(CNC(=O)Nc2ccccc2C(F)(F)F)n1C. The number of benzene rings is 1. The lowest BCUT2D eigenvalue weighted by Gasteiger charge is -2.14. The Labute approximate surface area is 137 Å². The van der Waals surface area contributed by atoms with Crippen molar-refractivity contribution in [2.24, 2.45) is 7.05 Å². The third-order valence-corrected chi connectivity index (χ3v) is 3.40. The smallest absolute Gasteiger partial charge is 0.331 e. The van der Waals surface area contributed by atoms with Crippen LogP contribution in [0.4, 0.5) is 23.7 Å². The average Bonchev–Trinajstić information content (AvgIpc) is 2.86. The molecule has 1 heterocycles. The fourth-order valence-corrected chi connectivity index (χ4v) is 2.20. The van der Waals surface area contributed by atoms with Gasteiger partial charge in [0.1, 0.15) is 5.82 Å². The van der Waals surface area contributed by atoms with Crippen LogP contribution < -0.4 is 10.6 Å². The number of hydrogen-bond donors (Lipinski definition) is 2. The Kier molecular flexibility index (Phi) is 5.10. The molecule has 0 atom stereocenters. The second-order valence-electron chi connectivity index (χ2n) is 5.54. The topological polar surface area (TPSA) is 71.8 Å². The fraction of sp³-hybridized carbons (Fsp3) is 0.400. The molecule has 130 valence electrons. The minimum atomic E-state index is -4.54. The van der Waals surface area contributed by atoms with Crippen LogP contribution in [0.3, 0.4) is 0 Å². The lowest BCUT2D eigenvalue weighted by molar-refractivity contribution is -0.136. The van der Waals surface area contributed by atoms with E-state index in [0.29, 0.717) is 5.82 Å². The van der Waals surface area contributed by atoms with Crippen LogP contribution in [0.15, 0.2) is 24.3 Å². The molecule has 0 aliphatic rings. The highest BCUT2D eigenvalue weighted by Gasteiger charge is 2.33. The summed E-state index contributed by atoms with van der Waals surface area (Å²) in [4.78, 5) is 11.9. The van der Waals surface area contributed by atoms with E-state index in [-0.39, 0.29) is 18.2 Å². The van der Waals surface area contributed by atoms with E-state index in [1.807, 2.05) is 13.8 Å². The number of urea groups is 1. The van der Waals surface area contributed by atoms with Gasteiger partial charge in [-0.3, -0.25) is 0 Å². The highest BCUT2D eigenvalue weighted by Crippen LogP contribution is 2.34. The van der Waals surface area contributed by atoms with Gasteiger partial charge in [-0.2, -0.15) is 13.2 Å². The molecule has 2 aromatic rings. The Morgan fingerprint density at radius 1 is 1.25 bits per heavy atom. The number of nitrogens with one attached hydrogen (secondary N) is 2. The molecule has 0 radical (unpaired) electrons. The van der Waals surface area contributed by atoms with E-state index in [0.717, 1.165) is 11.9 Å². The molecule has 0 fully saturated rings. The van der Waals surface area contributed by atoms with Crippen molar-refractivity contribution in [3.05, 3.63) is 41.5 Å². The van der Waals surface area contributed by atoms with E-state index in [1.165, 1.54) is 18.2 Å². The average molecular weight is 341 g/mol. The zero-order chi connectivity index (χ0) is 17.9. The first-order valence-electron chi connectivity index (χ1n) is 7.29. The maximum Gasteiger partial charge on any atom is 0.418 e. The van der Waals surface area contributed by atoms with Crippen molar-refractivity contribution >= 4 is 11.7 Å². The van der Waals surface area contributed by atoms with Crippen LogP contribution in [-0.2, 0) is 19.8 Å². The number of para-hydroxylation sites is 1. The summed E-state index contributed by atoms with van der Waals surface area (Å²) >= 11 is 0. The largest absolute Gasteiger partial charge is 0.418 e. The van der Waals surface area contributed by atoms with E-state index in [4.69, 9.17) is 0 Å². The number of rotatable bonds is 4. The van der Waals surface area contributed by atoms with Crippen molar-refractivity contribution in [3.63, 3.8) is 0 Å². The normalized spacial score (nSPS) is 11.6. The molecule has 24 heavy (non-hydrogen) atoms. The van der Waals surface area contributed by atoms with E-state index >= 15 is 0 Å². The van der Waals surface area contributed by atoms with Crippen LogP contribution in [0.5, 0.6) is 0 Å². The summed E-state index contributed by atoms with van der Waals surface area (Å²) in [5, 5.41) is 12.7. The van der Waals surface area contributed by atoms with E-state index in [2.05, 4.69) is 20.8 Å². The molecule has 0 saturated carbocycles. The Balaban J connectivity index is 2.03. The third kappa shape index (κ3) is 4.03. The first kappa shape index (κ1) is 17.8. The first-order valence-corrected chi connectivity index (χ1v) is 7.29. The van der Waals surface area contributed by atoms with Crippen molar-refractivity contribution in [1.82, 2.24) is 20.1 Å². The van der Waals surface area contributed by atoms with Gasteiger partial charge in [0.2, 0.25) is 0 Å². The molecule has 0 bridgehead atoms. The van der Waals surface area contributed by atoms with Gasteiger partial charge in [-0.1, -0.05) is 26.0 Å². The molecule has 2 amide bonds. The second-order valence-corrected chi connectivity index (χ2v) is 5.54. The predicted molar refractivity (Wildman–Crippen MR) is 82.4 cm³/mol. The molecule has 9 heteroatoms. The summed E-state index contributed by atoms with van der Waals surface area (Å²) in [5.41, 5.74) is -1.20. The number of nitrogens with zero attached hydrogens (tertiary/aromatic N) is 3. The summed E-state index contributed by atoms with van der Waals surface area (Å²) in [6.45, 7) is 3.97. The molecule has 2 N–H and O–H groups in total. The number of carbonyl (C=O) groups excluding carboxylic acids is 1. The zero-order valence-electron chi connectivity index (χ0n) is 13.5. The van der Waals surface area contributed by atoms with Crippen molar-refractivity contribution in [2.75, 3.05) is 5.32 Å². The fourth-order valence-electron chi connectivity index (χ4n) is 2.20. The van der Waals surface area contributed by atoms with Crippen LogP contribution in [0.25, 0.3) is 0 Å². The molecule has 1 aromatic carbocycles. The van der Waals surface area contributed by atoms with Crippen LogP contribution in [-0.4, -0.2) is 20.8 Å². The molecule has 0 saturated heterocycles. The van der Waals surface area contributed by atoms with E-state index < -0.39 is 17.8 Å². The molecular weight excluding hydrogens is 323 g/mol. The highest BCUT2D eigenvalue weighted by molar-refractivity contribution is 5.90. The molecule has 0 aliphatic carbocycles. The van der Waals surface area contributed by atoms with Gasteiger partial charge in [0.05, 0.1) is 17.8 Å². The van der Waals surface area contributed by atoms with Gasteiger partial charge in [-0.15, -0.1) is 10.2 Å². The molecule has 0 unspecified atom stereocenters. The van der Waals surface area contributed by atoms with Crippen LogP contribution in [0.1, 0.15) is 37.0 Å². The number of alkyl halides is 3. The Bertz CT molecular complexity index is 724. The number of amides is 2. The Morgan fingerprint density at radius 2 is 1.92 bits per heavy atom. The standard InChI is InChI=1S/C15H18F3N5O/c1-9(2)13-22-21-12(23(13)3)8-19-14(24)20-11-7-5-4-6-10(11)15(16,17)18/h4-7,9H,8H2,1-3H3,(H2,19,20,24). The lowest BCUT2D eigenvalue weighted by Crippen LogP contribution is -2.30. The van der Waals surface area contributed by atoms with E-state index in [9.17, 15) is 18.0 Å². The van der Waals surface area contributed by atoms with E-state index in [1.54, 1.807) is 11.6 Å². The molecule has 6 nitrogen and oxygen atoms in total. The molecule has 0 aliphatic heterocycles. The first-order chi connectivity index (χ1) is 11.2. The zero-order valence-corrected chi connectivity index (χ0v) is 13.5. The quantitative estimate of drug-likeness (QED) is 0.896. The molecular formula is C15H18F3N5O. The van der Waals surface area contributed by atoms with Gasteiger partial charge in [0, 0.05) is 13.0 Å². The number of carbonyl (C=O) groups is 1. The number of hydrogen-bond acceptors (Lipinski definition) is 3. The Morgan fingerprint density at radius 3 is 2.50 bits per heavy atom. The molecule has 0 spiro atoms. The predicted octanol–water partition coefficient (Wildman–Crippen LogP) is 3.28. The Hall–Kier alpha value is -2.58. The van der Waals surface area contributed by atoms with Crippen molar-refractivity contribution in [2.45, 2.75) is 32.5 Å². The third-order valence-electron chi connectivity index (χ3n) is 3.40. The maximum absolute atomic E-state index is 12.9. The summed E-state index contributed by atoms with van der Waals surface area (Å²) in [7, 11) is 1.77. The van der Waals surface area contributed by atoms with Gasteiger partial charge >= 0.3 is 12.2 Å². The minimum Gasteiger partial charge on any atom is -0.331 e. The van der Waals surface area contributed by atoms with Gasteiger partial charge in [0.15, 0.2) is 5.82 Å². The van der Waals surface area contributed by atoms with Crippen molar-refractivity contribution < 1.29 is 18.0 Å². The van der Waals surface area contributed by atoms with Gasteiger partial charge in [-0.25, -0.2) is 4.79 Å². The van der Waals surface area contributed by atoms with Gasteiger partial charge in [-0.05, 0) is 12.1 Å². The summed E-state index contributed by atoms with van der Waals surface area (Å²) in [6, 6.07) is 4.04. The number of halogens is 3. The summed E-state index contributed by atoms with van der Waals surface area (Å²) in [5.74, 6) is 1.44. The summed E-state index contributed by atoms with van der Waals surface area (Å²) < 4.78 is 40.4. The van der Waals surface area contributed by atoms with Crippen LogP contribution >= 0.6 is 0 Å². The van der Waals surface area contributed by atoms with Gasteiger partial charge in [0.25, 0.3) is 0 Å². The van der Waals surface area contributed by atoms with Crippen LogP contribution in [0.2, 0.25) is 0 Å². The highest BCUT2D eigenvalue weighted by atomic mass is 19.4. The van der Waals surface area contributed by atoms with Gasteiger partial charge < -0.3 is 15.2 Å². The monoisotopic (exact) mass is 341 g/mol. The van der Waals surface area contributed by atoms with Crippen molar-refractivity contribution in [3.8, 4) is 0 Å². The van der Waals surface area contributed by atoms with Crippen molar-refractivity contribution in [1.29, 1.82) is 0 Å². The molecule has 1 aromatic heterocycles. The maximum atomic E-state index is 12.9.